The van der Waals surface area contributed by atoms with Crippen LogP contribution in [-0.4, -0.2) is 53.5 Å². The molecule has 0 bridgehead atoms. The molecule has 0 saturated carbocycles. The lowest BCUT2D eigenvalue weighted by Crippen LogP contribution is -2.43. The number of benzene rings is 1. The fraction of sp³-hybridized carbons (Fsp3) is 0.471. The van der Waals surface area contributed by atoms with E-state index in [4.69, 9.17) is 5.11 Å². The largest absolute Gasteiger partial charge is 0.478 e. The van der Waals surface area contributed by atoms with Crippen LogP contribution in [-0.2, 0) is 9.59 Å². The molecule has 7 heteroatoms. The standard InChI is InChI=1S/C17H23N3O4/c1-3-20-8-4-5-13(20)10-18-15(21)16(22)19-14-9-12(17(23)24)7-6-11(14)2/h6-7,9,13H,3-5,8,10H2,1-2H3,(H,18,21)(H,19,22)(H,23,24)/t13-/m0/s1. The molecule has 130 valence electrons. The van der Waals surface area contributed by atoms with Crippen LogP contribution in [0.1, 0.15) is 35.7 Å². The Morgan fingerprint density at radius 2 is 2.04 bits per heavy atom. The van der Waals surface area contributed by atoms with Gasteiger partial charge in [0.15, 0.2) is 0 Å². The van der Waals surface area contributed by atoms with Crippen LogP contribution in [0.2, 0.25) is 0 Å². The van der Waals surface area contributed by atoms with Gasteiger partial charge in [-0.1, -0.05) is 13.0 Å². The second-order valence-corrected chi connectivity index (χ2v) is 5.92. The van der Waals surface area contributed by atoms with Crippen molar-refractivity contribution >= 4 is 23.5 Å². The van der Waals surface area contributed by atoms with Crippen LogP contribution in [0.25, 0.3) is 0 Å². The number of nitrogens with one attached hydrogen (secondary N) is 2. The van der Waals surface area contributed by atoms with Crippen molar-refractivity contribution in [3.05, 3.63) is 29.3 Å². The number of rotatable bonds is 5. The summed E-state index contributed by atoms with van der Waals surface area (Å²) in [6, 6.07) is 4.66. The van der Waals surface area contributed by atoms with Crippen molar-refractivity contribution in [2.75, 3.05) is 25.0 Å². The summed E-state index contributed by atoms with van der Waals surface area (Å²) in [7, 11) is 0. The van der Waals surface area contributed by atoms with Gasteiger partial charge in [0.25, 0.3) is 0 Å². The second kappa shape index (κ2) is 7.92. The van der Waals surface area contributed by atoms with E-state index in [0.717, 1.165) is 25.9 Å². The number of nitrogens with zero attached hydrogens (tertiary/aromatic N) is 1. The molecule has 0 aliphatic carbocycles. The summed E-state index contributed by atoms with van der Waals surface area (Å²) < 4.78 is 0. The van der Waals surface area contributed by atoms with Crippen LogP contribution in [0, 0.1) is 6.92 Å². The molecule has 1 fully saturated rings. The molecule has 0 aromatic heterocycles. The van der Waals surface area contributed by atoms with E-state index < -0.39 is 17.8 Å². The van der Waals surface area contributed by atoms with Gasteiger partial charge in [-0.25, -0.2) is 4.79 Å². The van der Waals surface area contributed by atoms with Crippen LogP contribution in [0.15, 0.2) is 18.2 Å². The maximum absolute atomic E-state index is 12.0. The minimum absolute atomic E-state index is 0.0563. The van der Waals surface area contributed by atoms with Crippen molar-refractivity contribution in [3.63, 3.8) is 0 Å². The number of carboxylic acids is 1. The summed E-state index contributed by atoms with van der Waals surface area (Å²) in [5.41, 5.74) is 1.07. The molecule has 0 unspecified atom stereocenters. The first-order valence-corrected chi connectivity index (χ1v) is 8.09. The Balaban J connectivity index is 1.93. The number of aryl methyl sites for hydroxylation is 1. The van der Waals surface area contributed by atoms with E-state index in [0.29, 0.717) is 17.8 Å². The molecular formula is C17H23N3O4. The predicted octanol–water partition coefficient (Wildman–Crippen LogP) is 1.23. The fourth-order valence-electron chi connectivity index (χ4n) is 2.90. The molecule has 24 heavy (non-hydrogen) atoms. The normalized spacial score (nSPS) is 17.5. The third-order valence-electron chi connectivity index (χ3n) is 4.34. The van der Waals surface area contributed by atoms with Gasteiger partial charge in [-0.05, 0) is 50.6 Å². The highest BCUT2D eigenvalue weighted by Gasteiger charge is 2.24. The molecule has 7 nitrogen and oxygen atoms in total. The van der Waals surface area contributed by atoms with E-state index in [1.165, 1.54) is 12.1 Å². The third kappa shape index (κ3) is 4.32. The number of likely N-dealkylation sites (N-methyl/N-ethyl adjacent to an activating group) is 1. The topological polar surface area (TPSA) is 98.7 Å². The average Bonchev–Trinajstić information content (AvgIpc) is 3.01. The van der Waals surface area contributed by atoms with Crippen LogP contribution in [0.4, 0.5) is 5.69 Å². The molecule has 2 amide bonds. The minimum Gasteiger partial charge on any atom is -0.478 e. The summed E-state index contributed by atoms with van der Waals surface area (Å²) in [6.45, 7) is 6.19. The fourth-order valence-corrected chi connectivity index (χ4v) is 2.90. The van der Waals surface area contributed by atoms with E-state index in [9.17, 15) is 14.4 Å². The summed E-state index contributed by atoms with van der Waals surface area (Å²) in [4.78, 5) is 37.3. The van der Waals surface area contributed by atoms with Crippen LogP contribution >= 0.6 is 0 Å². The van der Waals surface area contributed by atoms with E-state index in [1.54, 1.807) is 13.0 Å². The molecule has 1 atom stereocenters. The molecule has 1 heterocycles. The smallest absolute Gasteiger partial charge is 0.335 e. The Labute approximate surface area is 141 Å². The Hall–Kier alpha value is -2.41. The van der Waals surface area contributed by atoms with Crippen molar-refractivity contribution in [1.29, 1.82) is 0 Å². The maximum atomic E-state index is 12.0. The molecule has 1 aliphatic heterocycles. The van der Waals surface area contributed by atoms with Crippen molar-refractivity contribution < 1.29 is 19.5 Å². The van der Waals surface area contributed by atoms with Gasteiger partial charge in [-0.15, -0.1) is 0 Å². The number of hydrogen-bond acceptors (Lipinski definition) is 4. The Morgan fingerprint density at radius 3 is 2.71 bits per heavy atom. The minimum atomic E-state index is -1.09. The molecule has 1 saturated heterocycles. The van der Waals surface area contributed by atoms with Crippen molar-refractivity contribution in [3.8, 4) is 0 Å². The average molecular weight is 333 g/mol. The van der Waals surface area contributed by atoms with Gasteiger partial charge in [0.05, 0.1) is 5.56 Å². The number of carboxylic acid groups (broad SMARTS) is 1. The van der Waals surface area contributed by atoms with E-state index in [2.05, 4.69) is 22.5 Å². The Bertz CT molecular complexity index is 645. The highest BCUT2D eigenvalue weighted by Crippen LogP contribution is 2.17. The number of likely N-dealkylation sites (tertiary alicyclic amines) is 1. The Kier molecular flexibility index (Phi) is 5.92. The number of anilines is 1. The SMILES string of the molecule is CCN1CCC[C@H]1CNC(=O)C(=O)Nc1cc(C(=O)O)ccc1C. The predicted molar refractivity (Wildman–Crippen MR) is 90.0 cm³/mol. The monoisotopic (exact) mass is 333 g/mol. The molecule has 1 aliphatic rings. The first-order valence-electron chi connectivity index (χ1n) is 8.09. The zero-order chi connectivity index (χ0) is 17.7. The molecule has 3 N–H and O–H groups in total. The summed E-state index contributed by atoms with van der Waals surface area (Å²) in [5.74, 6) is -2.59. The lowest BCUT2D eigenvalue weighted by atomic mass is 10.1. The number of aromatic carboxylic acids is 1. The molecule has 1 aromatic rings. The summed E-state index contributed by atoms with van der Waals surface area (Å²) in [6.07, 6.45) is 2.11. The first-order chi connectivity index (χ1) is 11.4. The van der Waals surface area contributed by atoms with E-state index in [-0.39, 0.29) is 11.6 Å². The molecule has 1 aromatic carbocycles. The number of hydrogen-bond donors (Lipinski definition) is 3. The highest BCUT2D eigenvalue weighted by molar-refractivity contribution is 6.39. The van der Waals surface area contributed by atoms with Gasteiger partial charge in [0.1, 0.15) is 0 Å². The summed E-state index contributed by atoms with van der Waals surface area (Å²) >= 11 is 0. The van der Waals surface area contributed by atoms with Gasteiger partial charge in [-0.3, -0.25) is 14.5 Å². The quantitative estimate of drug-likeness (QED) is 0.704. The van der Waals surface area contributed by atoms with E-state index in [1.807, 2.05) is 0 Å². The Morgan fingerprint density at radius 1 is 1.29 bits per heavy atom. The first kappa shape index (κ1) is 17.9. The maximum Gasteiger partial charge on any atom is 0.335 e. The number of carbonyl (C=O) groups excluding carboxylic acids is 2. The van der Waals surface area contributed by atoms with Gasteiger partial charge in [0.2, 0.25) is 0 Å². The molecule has 0 radical (unpaired) electrons. The van der Waals surface area contributed by atoms with Crippen LogP contribution < -0.4 is 10.6 Å². The lowest BCUT2D eigenvalue weighted by Gasteiger charge is -2.22. The summed E-state index contributed by atoms with van der Waals surface area (Å²) in [5, 5.41) is 14.1. The molecule has 2 rings (SSSR count). The number of carbonyl (C=O) groups is 3. The highest BCUT2D eigenvalue weighted by atomic mass is 16.4. The van der Waals surface area contributed by atoms with Crippen molar-refractivity contribution in [2.24, 2.45) is 0 Å². The van der Waals surface area contributed by atoms with Gasteiger partial charge < -0.3 is 15.7 Å². The van der Waals surface area contributed by atoms with Crippen LogP contribution in [0.5, 0.6) is 0 Å². The van der Waals surface area contributed by atoms with Gasteiger partial charge in [0, 0.05) is 18.3 Å². The van der Waals surface area contributed by atoms with Crippen LogP contribution in [0.3, 0.4) is 0 Å². The number of amides is 2. The lowest BCUT2D eigenvalue weighted by molar-refractivity contribution is -0.136. The third-order valence-corrected chi connectivity index (χ3v) is 4.34. The second-order valence-electron chi connectivity index (χ2n) is 5.92. The molecule has 0 spiro atoms. The zero-order valence-electron chi connectivity index (χ0n) is 14.0. The van der Waals surface area contributed by atoms with Crippen molar-refractivity contribution in [2.45, 2.75) is 32.7 Å². The zero-order valence-corrected chi connectivity index (χ0v) is 14.0. The van der Waals surface area contributed by atoms with Gasteiger partial charge >= 0.3 is 17.8 Å². The van der Waals surface area contributed by atoms with Crippen molar-refractivity contribution in [1.82, 2.24) is 10.2 Å². The molecular weight excluding hydrogens is 310 g/mol. The van der Waals surface area contributed by atoms with E-state index >= 15 is 0 Å². The van der Waals surface area contributed by atoms with Gasteiger partial charge in [-0.2, -0.15) is 0 Å².